The Kier molecular flexibility index (Phi) is 13.6. The molecule has 1 aromatic rings. The smallest absolute Gasteiger partial charge is 0.335 e. The Labute approximate surface area is 174 Å². The van der Waals surface area contributed by atoms with Crippen molar-refractivity contribution in [2.75, 3.05) is 53.2 Å². The lowest BCUT2D eigenvalue weighted by Gasteiger charge is -2.13. The zero-order valence-corrected chi connectivity index (χ0v) is 16.9. The molecule has 0 fully saturated rings. The van der Waals surface area contributed by atoms with E-state index in [-0.39, 0.29) is 37.9 Å². The number of aryl methyl sites for hydroxylation is 2. The van der Waals surface area contributed by atoms with Gasteiger partial charge in [0.15, 0.2) is 0 Å². The van der Waals surface area contributed by atoms with Crippen LogP contribution in [-0.2, 0) is 31.8 Å². The molecule has 0 bridgehead atoms. The minimum absolute atomic E-state index is 0.0304. The summed E-state index contributed by atoms with van der Waals surface area (Å²) < 4.78 is 20.2. The number of benzene rings is 1. The average Bonchev–Trinajstić information content (AvgIpc) is 2.72. The number of aromatic carboxylic acids is 2. The molecule has 0 unspecified atom stereocenters. The van der Waals surface area contributed by atoms with E-state index in [1.54, 1.807) is 6.07 Å². The van der Waals surface area contributed by atoms with E-state index in [4.69, 9.17) is 29.2 Å². The second kappa shape index (κ2) is 15.7. The number of hydrogen-bond acceptors (Lipinski definition) is 8. The summed E-state index contributed by atoms with van der Waals surface area (Å²) in [5.41, 5.74) is 1.04. The molecule has 0 aliphatic carbocycles. The summed E-state index contributed by atoms with van der Waals surface area (Å²) in [6.07, 6.45) is 1.95. The fraction of sp³-hybridized carbons (Fsp3) is 0.600. The molecule has 0 spiro atoms. The van der Waals surface area contributed by atoms with Gasteiger partial charge in [-0.05, 0) is 42.9 Å². The molecule has 1 aromatic carbocycles. The lowest BCUT2D eigenvalue weighted by molar-refractivity contribution is -0.0294. The topological polar surface area (TPSA) is 152 Å². The van der Waals surface area contributed by atoms with Crippen molar-refractivity contribution in [3.63, 3.8) is 0 Å². The summed E-state index contributed by atoms with van der Waals surface area (Å²) >= 11 is 0. The molecule has 0 aromatic heterocycles. The van der Waals surface area contributed by atoms with Crippen molar-refractivity contribution in [3.8, 4) is 0 Å². The van der Waals surface area contributed by atoms with Crippen molar-refractivity contribution in [2.24, 2.45) is 0 Å². The highest BCUT2D eigenvalue weighted by Gasteiger charge is 2.18. The van der Waals surface area contributed by atoms with E-state index in [1.165, 1.54) is 6.07 Å². The largest absolute Gasteiger partial charge is 0.478 e. The van der Waals surface area contributed by atoms with Crippen LogP contribution in [0.1, 0.15) is 44.7 Å². The van der Waals surface area contributed by atoms with Gasteiger partial charge in [-0.2, -0.15) is 0 Å². The van der Waals surface area contributed by atoms with Crippen LogP contribution in [0.5, 0.6) is 0 Å². The molecule has 10 nitrogen and oxygen atoms in total. The van der Waals surface area contributed by atoms with E-state index in [0.717, 1.165) is 0 Å². The molecule has 30 heavy (non-hydrogen) atoms. The molecule has 1 rings (SSSR count). The molecule has 0 saturated heterocycles. The SMILES string of the molecule is O=C(O)c1cc(C(=O)O)c(CCCOCCOCO)cc1CCCOCCOCO. The molecule has 0 radical (unpaired) electrons. The van der Waals surface area contributed by atoms with Crippen LogP contribution in [0.25, 0.3) is 0 Å². The first-order chi connectivity index (χ1) is 14.5. The highest BCUT2D eigenvalue weighted by atomic mass is 16.6. The number of carboxylic acids is 2. The molecule has 0 aliphatic heterocycles. The number of carboxylic acid groups (broad SMARTS) is 2. The Bertz CT molecular complexity index is 595. The van der Waals surface area contributed by atoms with Gasteiger partial charge >= 0.3 is 11.9 Å². The number of rotatable bonds is 18. The van der Waals surface area contributed by atoms with Gasteiger partial charge in [0.05, 0.1) is 37.6 Å². The van der Waals surface area contributed by atoms with Crippen LogP contribution in [0.4, 0.5) is 0 Å². The Morgan fingerprint density at radius 2 is 1.03 bits per heavy atom. The van der Waals surface area contributed by atoms with E-state index in [0.29, 0.717) is 63.2 Å². The van der Waals surface area contributed by atoms with E-state index in [2.05, 4.69) is 0 Å². The highest BCUT2D eigenvalue weighted by Crippen LogP contribution is 2.21. The Morgan fingerprint density at radius 3 is 1.40 bits per heavy atom. The van der Waals surface area contributed by atoms with Gasteiger partial charge in [-0.25, -0.2) is 9.59 Å². The fourth-order valence-corrected chi connectivity index (χ4v) is 2.81. The van der Waals surface area contributed by atoms with Gasteiger partial charge in [0.25, 0.3) is 0 Å². The monoisotopic (exact) mass is 430 g/mol. The third kappa shape index (κ3) is 10.1. The van der Waals surface area contributed by atoms with E-state index in [1.807, 2.05) is 0 Å². The highest BCUT2D eigenvalue weighted by molar-refractivity contribution is 5.96. The third-order valence-corrected chi connectivity index (χ3v) is 4.19. The molecule has 0 saturated carbocycles. The van der Waals surface area contributed by atoms with Gasteiger partial charge in [0.2, 0.25) is 0 Å². The minimum Gasteiger partial charge on any atom is -0.478 e. The first-order valence-corrected chi connectivity index (χ1v) is 9.66. The fourth-order valence-electron chi connectivity index (χ4n) is 2.81. The van der Waals surface area contributed by atoms with Crippen molar-refractivity contribution in [1.82, 2.24) is 0 Å². The zero-order chi connectivity index (χ0) is 22.2. The summed E-state index contributed by atoms with van der Waals surface area (Å²) in [5.74, 6) is -2.35. The maximum atomic E-state index is 11.6. The van der Waals surface area contributed by atoms with Gasteiger partial charge in [0, 0.05) is 13.2 Å². The molecule has 0 aliphatic rings. The summed E-state index contributed by atoms with van der Waals surface area (Å²) in [4.78, 5) is 23.2. The van der Waals surface area contributed by atoms with Crippen LogP contribution in [0, 0.1) is 0 Å². The number of aliphatic hydroxyl groups is 2. The minimum atomic E-state index is -1.18. The first-order valence-electron chi connectivity index (χ1n) is 9.66. The molecular weight excluding hydrogens is 400 g/mol. The Balaban J connectivity index is 2.70. The van der Waals surface area contributed by atoms with Crippen LogP contribution < -0.4 is 0 Å². The molecule has 10 heteroatoms. The molecule has 170 valence electrons. The molecular formula is C20H30O10. The second-order valence-electron chi connectivity index (χ2n) is 6.28. The summed E-state index contributed by atoms with van der Waals surface area (Å²) in [6, 6.07) is 2.85. The lowest BCUT2D eigenvalue weighted by Crippen LogP contribution is -2.12. The van der Waals surface area contributed by atoms with Gasteiger partial charge in [-0.15, -0.1) is 0 Å². The van der Waals surface area contributed by atoms with Crippen molar-refractivity contribution in [3.05, 3.63) is 34.4 Å². The number of carbonyl (C=O) groups is 2. The van der Waals surface area contributed by atoms with Crippen molar-refractivity contribution in [2.45, 2.75) is 25.7 Å². The Hall–Kier alpha value is -2.08. The summed E-state index contributed by atoms with van der Waals surface area (Å²) in [6.45, 7) is 1.20. The number of hydrogen-bond donors (Lipinski definition) is 4. The normalized spacial score (nSPS) is 11.0. The van der Waals surface area contributed by atoms with Gasteiger partial charge in [-0.1, -0.05) is 6.07 Å². The molecule has 0 heterocycles. The molecule has 0 amide bonds. The maximum absolute atomic E-state index is 11.6. The second-order valence-corrected chi connectivity index (χ2v) is 6.28. The predicted molar refractivity (Wildman–Crippen MR) is 105 cm³/mol. The number of ether oxygens (including phenoxy) is 4. The predicted octanol–water partition coefficient (Wildman–Crippen LogP) is 0.914. The van der Waals surface area contributed by atoms with E-state index >= 15 is 0 Å². The van der Waals surface area contributed by atoms with Crippen LogP contribution >= 0.6 is 0 Å². The molecule has 0 atom stereocenters. The van der Waals surface area contributed by atoms with Crippen molar-refractivity contribution >= 4 is 11.9 Å². The number of aliphatic hydroxyl groups excluding tert-OH is 2. The summed E-state index contributed by atoms with van der Waals surface area (Å²) in [5, 5.41) is 36.0. The quantitative estimate of drug-likeness (QED) is 0.195. The van der Waals surface area contributed by atoms with Crippen LogP contribution in [0.3, 0.4) is 0 Å². The van der Waals surface area contributed by atoms with Crippen LogP contribution in [-0.4, -0.2) is 85.6 Å². The van der Waals surface area contributed by atoms with Crippen LogP contribution in [0.2, 0.25) is 0 Å². The van der Waals surface area contributed by atoms with Crippen molar-refractivity contribution < 1.29 is 49.0 Å². The Morgan fingerprint density at radius 1 is 0.633 bits per heavy atom. The lowest BCUT2D eigenvalue weighted by atomic mass is 9.93. The van der Waals surface area contributed by atoms with Gasteiger partial charge < -0.3 is 39.4 Å². The standard InChI is InChI=1S/C20H30O10/c21-13-29-9-7-27-5-1-3-15-11-16(4-2-6-28-8-10-30-14-22)18(20(25)26)12-17(15)19(23)24/h11-12,21-22H,1-10,13-14H2,(H,23,24)(H,25,26). The zero-order valence-electron chi connectivity index (χ0n) is 16.9. The van der Waals surface area contributed by atoms with E-state index in [9.17, 15) is 19.8 Å². The summed E-state index contributed by atoms with van der Waals surface area (Å²) in [7, 11) is 0. The van der Waals surface area contributed by atoms with Gasteiger partial charge in [-0.3, -0.25) is 0 Å². The molecule has 4 N–H and O–H groups in total. The van der Waals surface area contributed by atoms with Gasteiger partial charge in [0.1, 0.15) is 13.6 Å². The van der Waals surface area contributed by atoms with Crippen LogP contribution in [0.15, 0.2) is 12.1 Å². The third-order valence-electron chi connectivity index (χ3n) is 4.19. The van der Waals surface area contributed by atoms with E-state index < -0.39 is 11.9 Å². The van der Waals surface area contributed by atoms with Crippen molar-refractivity contribution in [1.29, 1.82) is 0 Å². The first kappa shape index (κ1) is 26.0. The average molecular weight is 430 g/mol. The maximum Gasteiger partial charge on any atom is 0.335 e.